The van der Waals surface area contributed by atoms with Crippen LogP contribution < -0.4 is 5.73 Å². The van der Waals surface area contributed by atoms with Crippen molar-refractivity contribution < 1.29 is 0 Å². The van der Waals surface area contributed by atoms with Crippen molar-refractivity contribution in [2.24, 2.45) is 11.1 Å². The Morgan fingerprint density at radius 2 is 1.75 bits per heavy atom. The SMILES string of the molecule is CN1CCCC(CN)(N(C)C2CCC(C)(C)CC2)CC1. The van der Waals surface area contributed by atoms with Crippen LogP contribution in [0.25, 0.3) is 0 Å². The van der Waals surface area contributed by atoms with Gasteiger partial charge >= 0.3 is 0 Å². The fourth-order valence-electron chi connectivity index (χ4n) is 4.17. The molecule has 20 heavy (non-hydrogen) atoms. The molecule has 2 rings (SSSR count). The number of nitrogens with two attached hydrogens (primary N) is 1. The lowest BCUT2D eigenvalue weighted by Crippen LogP contribution is -2.57. The number of rotatable bonds is 3. The highest BCUT2D eigenvalue weighted by molar-refractivity contribution is 4.97. The van der Waals surface area contributed by atoms with Crippen LogP contribution in [0.3, 0.4) is 0 Å². The summed E-state index contributed by atoms with van der Waals surface area (Å²) in [6.07, 6.45) is 9.21. The second-order valence-corrected chi connectivity index (χ2v) is 8.09. The molecule has 1 unspecified atom stereocenters. The van der Waals surface area contributed by atoms with Crippen LogP contribution in [0.4, 0.5) is 0 Å². The monoisotopic (exact) mass is 281 g/mol. The molecule has 1 aliphatic heterocycles. The molecule has 0 radical (unpaired) electrons. The summed E-state index contributed by atoms with van der Waals surface area (Å²) in [6.45, 7) is 8.08. The van der Waals surface area contributed by atoms with Crippen molar-refractivity contribution in [2.45, 2.75) is 70.4 Å². The molecule has 2 aliphatic rings. The number of likely N-dealkylation sites (tertiary alicyclic amines) is 1. The molecule has 3 nitrogen and oxygen atoms in total. The third kappa shape index (κ3) is 3.55. The third-order valence-electron chi connectivity index (χ3n) is 6.13. The van der Waals surface area contributed by atoms with Gasteiger partial charge in [-0.1, -0.05) is 13.8 Å². The number of hydrogen-bond acceptors (Lipinski definition) is 3. The van der Waals surface area contributed by atoms with Crippen molar-refractivity contribution in [1.82, 2.24) is 9.80 Å². The highest BCUT2D eigenvalue weighted by Gasteiger charge is 2.40. The molecule has 0 aromatic heterocycles. The first kappa shape index (κ1) is 16.3. The first-order valence-corrected chi connectivity index (χ1v) is 8.50. The predicted molar refractivity (Wildman–Crippen MR) is 86.9 cm³/mol. The van der Waals surface area contributed by atoms with Crippen molar-refractivity contribution in [3.8, 4) is 0 Å². The van der Waals surface area contributed by atoms with Crippen molar-refractivity contribution in [1.29, 1.82) is 0 Å². The predicted octanol–water partition coefficient (Wildman–Crippen LogP) is 2.70. The minimum absolute atomic E-state index is 0.247. The average molecular weight is 281 g/mol. The summed E-state index contributed by atoms with van der Waals surface area (Å²) in [4.78, 5) is 5.15. The molecule has 1 saturated carbocycles. The Labute approximate surface area is 125 Å². The molecule has 0 bridgehead atoms. The smallest absolute Gasteiger partial charge is 0.0344 e. The van der Waals surface area contributed by atoms with Crippen LogP contribution >= 0.6 is 0 Å². The normalized spacial score (nSPS) is 33.3. The van der Waals surface area contributed by atoms with E-state index >= 15 is 0 Å². The van der Waals surface area contributed by atoms with E-state index in [1.165, 1.54) is 58.0 Å². The number of hydrogen-bond donors (Lipinski definition) is 1. The summed E-state index contributed by atoms with van der Waals surface area (Å²) >= 11 is 0. The molecular formula is C17H35N3. The van der Waals surface area contributed by atoms with Gasteiger partial charge in [-0.3, -0.25) is 4.90 Å². The van der Waals surface area contributed by atoms with E-state index in [0.29, 0.717) is 5.41 Å². The summed E-state index contributed by atoms with van der Waals surface area (Å²) in [5, 5.41) is 0. The van der Waals surface area contributed by atoms with Crippen LogP contribution in [0.15, 0.2) is 0 Å². The fourth-order valence-corrected chi connectivity index (χ4v) is 4.17. The highest BCUT2D eigenvalue weighted by atomic mass is 15.2. The van der Waals surface area contributed by atoms with E-state index in [1.54, 1.807) is 0 Å². The number of likely N-dealkylation sites (N-methyl/N-ethyl adjacent to an activating group) is 1. The van der Waals surface area contributed by atoms with Crippen molar-refractivity contribution >= 4 is 0 Å². The zero-order chi connectivity index (χ0) is 14.8. The lowest BCUT2D eigenvalue weighted by Gasteiger charge is -2.48. The maximum atomic E-state index is 6.25. The molecule has 1 saturated heterocycles. The van der Waals surface area contributed by atoms with Gasteiger partial charge in [-0.05, 0) is 77.5 Å². The molecule has 3 heteroatoms. The fraction of sp³-hybridized carbons (Fsp3) is 1.00. The molecule has 0 aromatic carbocycles. The van der Waals surface area contributed by atoms with E-state index in [1.807, 2.05) is 0 Å². The molecule has 0 amide bonds. The van der Waals surface area contributed by atoms with Crippen LogP contribution in [0.2, 0.25) is 0 Å². The van der Waals surface area contributed by atoms with Gasteiger partial charge in [0.25, 0.3) is 0 Å². The molecule has 118 valence electrons. The molecule has 1 atom stereocenters. The van der Waals surface area contributed by atoms with E-state index in [4.69, 9.17) is 5.73 Å². The third-order valence-corrected chi connectivity index (χ3v) is 6.13. The lowest BCUT2D eigenvalue weighted by atomic mass is 9.74. The minimum atomic E-state index is 0.247. The second-order valence-electron chi connectivity index (χ2n) is 8.09. The zero-order valence-corrected chi connectivity index (χ0v) is 14.1. The van der Waals surface area contributed by atoms with Gasteiger partial charge in [0.15, 0.2) is 0 Å². The van der Waals surface area contributed by atoms with Crippen molar-refractivity contribution in [3.63, 3.8) is 0 Å². The summed E-state index contributed by atoms with van der Waals surface area (Å²) in [5.41, 5.74) is 7.05. The molecule has 1 heterocycles. The van der Waals surface area contributed by atoms with Gasteiger partial charge in [-0.25, -0.2) is 0 Å². The van der Waals surface area contributed by atoms with Gasteiger partial charge in [-0.15, -0.1) is 0 Å². The summed E-state index contributed by atoms with van der Waals surface area (Å²) < 4.78 is 0. The van der Waals surface area contributed by atoms with Gasteiger partial charge in [0.2, 0.25) is 0 Å². The van der Waals surface area contributed by atoms with Crippen LogP contribution in [0.5, 0.6) is 0 Å². The van der Waals surface area contributed by atoms with Gasteiger partial charge in [0.05, 0.1) is 0 Å². The second kappa shape index (κ2) is 6.33. The number of nitrogens with zero attached hydrogens (tertiary/aromatic N) is 2. The van der Waals surface area contributed by atoms with Crippen LogP contribution in [0.1, 0.15) is 58.8 Å². The topological polar surface area (TPSA) is 32.5 Å². The molecule has 0 aromatic rings. The van der Waals surface area contributed by atoms with E-state index in [-0.39, 0.29) is 5.54 Å². The Morgan fingerprint density at radius 1 is 1.10 bits per heavy atom. The standard InChI is InChI=1S/C17H35N3/c1-16(2)9-6-15(7-10-16)20(4)17(14-18)8-5-12-19(3)13-11-17/h15H,5-14,18H2,1-4H3. The molecule has 1 aliphatic carbocycles. The van der Waals surface area contributed by atoms with E-state index in [2.05, 4.69) is 37.7 Å². The molecule has 0 spiro atoms. The quantitative estimate of drug-likeness (QED) is 0.863. The Balaban J connectivity index is 2.03. The molecule has 2 fully saturated rings. The largest absolute Gasteiger partial charge is 0.329 e. The van der Waals surface area contributed by atoms with E-state index in [0.717, 1.165) is 12.6 Å². The maximum Gasteiger partial charge on any atom is 0.0344 e. The summed E-state index contributed by atoms with van der Waals surface area (Å²) in [7, 11) is 4.59. The zero-order valence-electron chi connectivity index (χ0n) is 14.1. The van der Waals surface area contributed by atoms with Crippen LogP contribution in [-0.2, 0) is 0 Å². The molecule has 2 N–H and O–H groups in total. The Bertz CT molecular complexity index is 305. The highest BCUT2D eigenvalue weighted by Crippen LogP contribution is 2.39. The maximum absolute atomic E-state index is 6.25. The van der Waals surface area contributed by atoms with Gasteiger partial charge in [0.1, 0.15) is 0 Å². The van der Waals surface area contributed by atoms with Crippen LogP contribution in [0, 0.1) is 5.41 Å². The molecular weight excluding hydrogens is 246 g/mol. The van der Waals surface area contributed by atoms with E-state index in [9.17, 15) is 0 Å². The van der Waals surface area contributed by atoms with Gasteiger partial charge in [0, 0.05) is 18.1 Å². The summed E-state index contributed by atoms with van der Waals surface area (Å²) in [5.74, 6) is 0. The van der Waals surface area contributed by atoms with Crippen molar-refractivity contribution in [3.05, 3.63) is 0 Å². The van der Waals surface area contributed by atoms with Crippen molar-refractivity contribution in [2.75, 3.05) is 33.7 Å². The van der Waals surface area contributed by atoms with Gasteiger partial charge < -0.3 is 10.6 Å². The van der Waals surface area contributed by atoms with E-state index < -0.39 is 0 Å². The first-order chi connectivity index (χ1) is 9.38. The minimum Gasteiger partial charge on any atom is -0.329 e. The summed E-state index contributed by atoms with van der Waals surface area (Å²) in [6, 6.07) is 0.745. The Hall–Kier alpha value is -0.120. The van der Waals surface area contributed by atoms with Gasteiger partial charge in [-0.2, -0.15) is 0 Å². The lowest BCUT2D eigenvalue weighted by molar-refractivity contribution is 0.0271. The Morgan fingerprint density at radius 3 is 2.35 bits per heavy atom. The van der Waals surface area contributed by atoms with Crippen LogP contribution in [-0.4, -0.2) is 55.1 Å². The Kier molecular flexibility index (Phi) is 5.14. The average Bonchev–Trinajstić information content (AvgIpc) is 2.61. The first-order valence-electron chi connectivity index (χ1n) is 8.50.